The van der Waals surface area contributed by atoms with Crippen LogP contribution in [0.1, 0.15) is 24.5 Å². The highest BCUT2D eigenvalue weighted by atomic mass is 19.1. The van der Waals surface area contributed by atoms with E-state index in [1.54, 1.807) is 0 Å². The van der Waals surface area contributed by atoms with Gasteiger partial charge in [0.1, 0.15) is 12.4 Å². The Bertz CT molecular complexity index is 451. The normalized spacial score (nSPS) is 10.4. The molecule has 0 fully saturated rings. The molecule has 0 aliphatic carbocycles. The van der Waals surface area contributed by atoms with Crippen molar-refractivity contribution in [3.05, 3.63) is 35.1 Å². The molecule has 0 aromatic heterocycles. The van der Waals surface area contributed by atoms with Crippen LogP contribution in [0.15, 0.2) is 18.2 Å². The minimum atomic E-state index is -0.321. The fraction of sp³-hybridized carbons (Fsp3) is 0.467. The molecule has 1 aromatic carbocycles. The average Bonchev–Trinajstić information content (AvgIpc) is 2.40. The van der Waals surface area contributed by atoms with Crippen LogP contribution in [-0.2, 0) is 6.54 Å². The smallest absolute Gasteiger partial charge is 0.124 e. The number of halogens is 1. The lowest BCUT2D eigenvalue weighted by molar-refractivity contribution is 0.225. The van der Waals surface area contributed by atoms with Crippen LogP contribution in [0.25, 0.3) is 0 Å². The van der Waals surface area contributed by atoms with Gasteiger partial charge in [0.15, 0.2) is 0 Å². The molecule has 1 rings (SSSR count). The zero-order valence-corrected chi connectivity index (χ0v) is 11.2. The SMILES string of the molecule is CCN(CCCO)Cc1cc(F)cc(C#CCO)c1. The second kappa shape index (κ2) is 8.65. The van der Waals surface area contributed by atoms with Crippen molar-refractivity contribution in [2.24, 2.45) is 0 Å². The Kier molecular flexibility index (Phi) is 7.12. The second-order valence-corrected chi connectivity index (χ2v) is 4.25. The van der Waals surface area contributed by atoms with Crippen LogP contribution in [0.5, 0.6) is 0 Å². The van der Waals surface area contributed by atoms with Crippen LogP contribution in [0.4, 0.5) is 4.39 Å². The lowest BCUT2D eigenvalue weighted by Gasteiger charge is -2.20. The van der Waals surface area contributed by atoms with Gasteiger partial charge >= 0.3 is 0 Å². The van der Waals surface area contributed by atoms with E-state index < -0.39 is 0 Å². The van der Waals surface area contributed by atoms with E-state index in [4.69, 9.17) is 10.2 Å². The quantitative estimate of drug-likeness (QED) is 0.764. The summed E-state index contributed by atoms with van der Waals surface area (Å²) in [7, 11) is 0. The zero-order chi connectivity index (χ0) is 14.1. The summed E-state index contributed by atoms with van der Waals surface area (Å²) in [6, 6.07) is 4.68. The summed E-state index contributed by atoms with van der Waals surface area (Å²) in [4.78, 5) is 2.13. The molecule has 0 atom stereocenters. The van der Waals surface area contributed by atoms with Crippen LogP contribution >= 0.6 is 0 Å². The molecule has 104 valence electrons. The van der Waals surface area contributed by atoms with Gasteiger partial charge in [0.05, 0.1) is 0 Å². The summed E-state index contributed by atoms with van der Waals surface area (Å²) in [5.74, 6) is 4.90. The molecule has 0 saturated heterocycles. The van der Waals surface area contributed by atoms with Crippen molar-refractivity contribution in [1.29, 1.82) is 0 Å². The predicted octanol–water partition coefficient (Wildman–Crippen LogP) is 1.37. The molecule has 0 bridgehead atoms. The third-order valence-corrected chi connectivity index (χ3v) is 2.76. The third kappa shape index (κ3) is 5.84. The fourth-order valence-electron chi connectivity index (χ4n) is 1.86. The van der Waals surface area contributed by atoms with E-state index in [0.29, 0.717) is 18.5 Å². The van der Waals surface area contributed by atoms with Gasteiger partial charge in [0.25, 0.3) is 0 Å². The summed E-state index contributed by atoms with van der Waals surface area (Å²) in [5.41, 5.74) is 1.42. The van der Waals surface area contributed by atoms with Gasteiger partial charge < -0.3 is 10.2 Å². The van der Waals surface area contributed by atoms with E-state index >= 15 is 0 Å². The van der Waals surface area contributed by atoms with E-state index in [1.807, 2.05) is 13.0 Å². The van der Waals surface area contributed by atoms with Crippen molar-refractivity contribution in [3.63, 3.8) is 0 Å². The Morgan fingerprint density at radius 3 is 2.68 bits per heavy atom. The molecular formula is C15H20FNO2. The zero-order valence-electron chi connectivity index (χ0n) is 11.2. The Balaban J connectivity index is 2.78. The summed E-state index contributed by atoms with van der Waals surface area (Å²) >= 11 is 0. The van der Waals surface area contributed by atoms with Crippen molar-refractivity contribution < 1.29 is 14.6 Å². The van der Waals surface area contributed by atoms with Gasteiger partial charge in [-0.25, -0.2) is 4.39 Å². The van der Waals surface area contributed by atoms with Crippen molar-refractivity contribution in [2.75, 3.05) is 26.3 Å². The molecule has 2 N–H and O–H groups in total. The van der Waals surface area contributed by atoms with Crippen LogP contribution in [0.2, 0.25) is 0 Å². The first-order valence-corrected chi connectivity index (χ1v) is 6.42. The molecule has 4 heteroatoms. The number of hydrogen-bond acceptors (Lipinski definition) is 3. The van der Waals surface area contributed by atoms with Gasteiger partial charge in [-0.3, -0.25) is 4.90 Å². The highest BCUT2D eigenvalue weighted by Gasteiger charge is 2.05. The molecule has 19 heavy (non-hydrogen) atoms. The molecule has 0 aliphatic heterocycles. The van der Waals surface area contributed by atoms with Gasteiger partial charge in [-0.1, -0.05) is 18.8 Å². The van der Waals surface area contributed by atoms with Gasteiger partial charge in [0.2, 0.25) is 0 Å². The highest BCUT2D eigenvalue weighted by Crippen LogP contribution is 2.11. The van der Waals surface area contributed by atoms with Gasteiger partial charge in [0, 0.05) is 25.3 Å². The lowest BCUT2D eigenvalue weighted by Crippen LogP contribution is -2.24. The predicted molar refractivity (Wildman–Crippen MR) is 73.0 cm³/mol. The highest BCUT2D eigenvalue weighted by molar-refractivity contribution is 5.37. The molecule has 0 amide bonds. The minimum Gasteiger partial charge on any atom is -0.396 e. The lowest BCUT2D eigenvalue weighted by atomic mass is 10.1. The Labute approximate surface area is 113 Å². The molecule has 0 aliphatic rings. The van der Waals surface area contributed by atoms with Crippen LogP contribution < -0.4 is 0 Å². The first-order chi connectivity index (χ1) is 9.19. The van der Waals surface area contributed by atoms with Crippen molar-refractivity contribution in [2.45, 2.75) is 19.9 Å². The molecule has 0 saturated carbocycles. The van der Waals surface area contributed by atoms with Crippen molar-refractivity contribution in [1.82, 2.24) is 4.90 Å². The maximum absolute atomic E-state index is 13.5. The number of aliphatic hydroxyl groups is 2. The standard InChI is InChI=1S/C15H20FNO2/c1-2-17(6-4-8-19)12-14-9-13(5-3-7-18)10-15(16)11-14/h9-11,18-19H,2,4,6-8,12H2,1H3. The average molecular weight is 265 g/mol. The molecule has 0 unspecified atom stereocenters. The molecule has 0 spiro atoms. The van der Waals surface area contributed by atoms with E-state index in [2.05, 4.69) is 16.7 Å². The van der Waals surface area contributed by atoms with Gasteiger partial charge in [-0.2, -0.15) is 0 Å². The van der Waals surface area contributed by atoms with E-state index in [1.165, 1.54) is 12.1 Å². The van der Waals surface area contributed by atoms with Crippen LogP contribution in [0.3, 0.4) is 0 Å². The number of hydrogen-bond donors (Lipinski definition) is 2. The van der Waals surface area contributed by atoms with E-state index in [0.717, 1.165) is 18.7 Å². The van der Waals surface area contributed by atoms with Gasteiger partial charge in [-0.05, 0) is 36.7 Å². The summed E-state index contributed by atoms with van der Waals surface area (Å²) in [6.45, 7) is 4.21. The van der Waals surface area contributed by atoms with Gasteiger partial charge in [-0.15, -0.1) is 0 Å². The first-order valence-electron chi connectivity index (χ1n) is 6.42. The summed E-state index contributed by atoms with van der Waals surface area (Å²) in [6.07, 6.45) is 0.709. The molecule has 0 heterocycles. The summed E-state index contributed by atoms with van der Waals surface area (Å²) < 4.78 is 13.5. The maximum atomic E-state index is 13.5. The van der Waals surface area contributed by atoms with E-state index in [-0.39, 0.29) is 19.0 Å². The summed E-state index contributed by atoms with van der Waals surface area (Å²) in [5, 5.41) is 17.5. The Morgan fingerprint density at radius 2 is 2.05 bits per heavy atom. The fourth-order valence-corrected chi connectivity index (χ4v) is 1.86. The second-order valence-electron chi connectivity index (χ2n) is 4.25. The first kappa shape index (κ1) is 15.6. The minimum absolute atomic E-state index is 0.160. The largest absolute Gasteiger partial charge is 0.396 e. The number of benzene rings is 1. The maximum Gasteiger partial charge on any atom is 0.124 e. The van der Waals surface area contributed by atoms with Crippen molar-refractivity contribution in [3.8, 4) is 11.8 Å². The van der Waals surface area contributed by atoms with E-state index in [9.17, 15) is 4.39 Å². The number of rotatable bonds is 6. The number of nitrogens with zero attached hydrogens (tertiary/aromatic N) is 1. The molecular weight excluding hydrogens is 245 g/mol. The molecule has 1 aromatic rings. The van der Waals surface area contributed by atoms with Crippen LogP contribution in [-0.4, -0.2) is 41.4 Å². The Morgan fingerprint density at radius 1 is 1.26 bits per heavy atom. The number of aliphatic hydroxyl groups excluding tert-OH is 2. The Hall–Kier alpha value is -1.41. The molecule has 3 nitrogen and oxygen atoms in total. The monoisotopic (exact) mass is 265 g/mol. The van der Waals surface area contributed by atoms with Crippen LogP contribution in [0, 0.1) is 17.7 Å². The topological polar surface area (TPSA) is 43.7 Å². The van der Waals surface area contributed by atoms with Crippen molar-refractivity contribution >= 4 is 0 Å². The molecule has 0 radical (unpaired) electrons. The third-order valence-electron chi connectivity index (χ3n) is 2.76.